The minimum Gasteiger partial charge on any atom is -0.497 e. The molecule has 38 heavy (non-hydrogen) atoms. The predicted octanol–water partition coefficient (Wildman–Crippen LogP) is 2.99. The molecule has 1 atom stereocenters. The van der Waals surface area contributed by atoms with Crippen LogP contribution in [0, 0.1) is 0 Å². The Morgan fingerprint density at radius 2 is 2.11 bits per heavy atom. The Bertz CT molecular complexity index is 1670. The molecule has 4 aromatic rings. The van der Waals surface area contributed by atoms with Gasteiger partial charge in [0, 0.05) is 5.56 Å². The molecule has 0 saturated carbocycles. The Morgan fingerprint density at radius 1 is 1.26 bits per heavy atom. The summed E-state index contributed by atoms with van der Waals surface area (Å²) in [5.74, 6) is 0.623. The van der Waals surface area contributed by atoms with E-state index in [1.54, 1.807) is 31.4 Å². The Labute approximate surface area is 222 Å². The zero-order chi connectivity index (χ0) is 26.9. The molecule has 1 unspecified atom stereocenters. The smallest absolute Gasteiger partial charge is 0.262 e. The topological polar surface area (TPSA) is 165 Å². The van der Waals surface area contributed by atoms with E-state index in [-0.39, 0.29) is 35.4 Å². The number of methoxy groups -OCH3 is 1. The second kappa shape index (κ2) is 10.3. The van der Waals surface area contributed by atoms with Crippen LogP contribution in [0.1, 0.15) is 22.2 Å². The molecular weight excluding hydrogens is 530 g/mol. The lowest BCUT2D eigenvalue weighted by atomic mass is 10.0. The molecule has 5 rings (SSSR count). The number of hydrogen-bond donors (Lipinski definition) is 4. The standard InChI is InChI=1S/C25H23N5O6S2/c1-35-16-5-7-18-22(11-16)37-25(28-18)20(10-14-3-2-4-15(9-14)24(26)29-32)30-38(33,34)17-6-8-21-19(12-17)27-23(31)13-36-21/h2-9,11-12,20,30,32H,10,13H2,1H3,(H2,26,29)(H,27,31). The first-order valence-electron chi connectivity index (χ1n) is 11.4. The van der Waals surface area contributed by atoms with Crippen LogP contribution >= 0.6 is 11.3 Å². The van der Waals surface area contributed by atoms with Gasteiger partial charge in [0.05, 0.1) is 34.0 Å². The number of nitrogens with one attached hydrogen (secondary N) is 2. The summed E-state index contributed by atoms with van der Waals surface area (Å²) >= 11 is 1.34. The van der Waals surface area contributed by atoms with Crippen LogP contribution in [0.4, 0.5) is 5.69 Å². The number of fused-ring (bicyclic) bond motifs is 2. The van der Waals surface area contributed by atoms with Crippen molar-refractivity contribution in [1.82, 2.24) is 9.71 Å². The molecular formula is C25H23N5O6S2. The summed E-state index contributed by atoms with van der Waals surface area (Å²) in [6.45, 7) is -0.133. The number of benzene rings is 3. The van der Waals surface area contributed by atoms with E-state index < -0.39 is 16.1 Å². The fourth-order valence-corrected chi connectivity index (χ4v) is 6.36. The van der Waals surface area contributed by atoms with E-state index in [1.165, 1.54) is 29.5 Å². The highest BCUT2D eigenvalue weighted by Gasteiger charge is 2.27. The number of oxime groups is 1. The maximum atomic E-state index is 13.5. The molecule has 1 aromatic heterocycles. The van der Waals surface area contributed by atoms with Crippen LogP contribution < -0.4 is 25.2 Å². The molecule has 13 heteroatoms. The van der Waals surface area contributed by atoms with Gasteiger partial charge in [-0.1, -0.05) is 23.4 Å². The molecule has 5 N–H and O–H groups in total. The molecule has 3 aromatic carbocycles. The van der Waals surface area contributed by atoms with Gasteiger partial charge in [-0.15, -0.1) is 11.3 Å². The highest BCUT2D eigenvalue weighted by atomic mass is 32.2. The molecule has 2 heterocycles. The molecule has 1 aliphatic heterocycles. The zero-order valence-electron chi connectivity index (χ0n) is 20.0. The second-order valence-electron chi connectivity index (χ2n) is 8.44. The number of ether oxygens (including phenoxy) is 2. The van der Waals surface area contributed by atoms with Crippen molar-refractivity contribution in [3.63, 3.8) is 0 Å². The molecule has 1 amide bonds. The van der Waals surface area contributed by atoms with E-state index in [0.717, 1.165) is 10.3 Å². The third-order valence-electron chi connectivity index (χ3n) is 5.87. The Kier molecular flexibility index (Phi) is 6.89. The SMILES string of the molecule is COc1ccc2nc(C(Cc3cccc(C(N)=NO)c3)NS(=O)(=O)c3ccc4c(c3)NC(=O)CO4)sc2c1. The number of sulfonamides is 1. The maximum absolute atomic E-state index is 13.5. The number of rotatable bonds is 8. The van der Waals surface area contributed by atoms with Crippen molar-refractivity contribution in [3.8, 4) is 11.5 Å². The minimum atomic E-state index is -4.06. The number of nitrogens with zero attached hydrogens (tertiary/aromatic N) is 2. The van der Waals surface area contributed by atoms with Crippen LogP contribution in [0.3, 0.4) is 0 Å². The summed E-state index contributed by atoms with van der Waals surface area (Å²) in [4.78, 5) is 16.4. The first-order valence-corrected chi connectivity index (χ1v) is 13.7. The lowest BCUT2D eigenvalue weighted by Crippen LogP contribution is -2.31. The Morgan fingerprint density at radius 3 is 2.89 bits per heavy atom. The van der Waals surface area contributed by atoms with Gasteiger partial charge in [-0.25, -0.2) is 18.1 Å². The van der Waals surface area contributed by atoms with Crippen molar-refractivity contribution < 1.29 is 27.9 Å². The van der Waals surface area contributed by atoms with Gasteiger partial charge in [0.25, 0.3) is 5.91 Å². The van der Waals surface area contributed by atoms with Gasteiger partial charge >= 0.3 is 0 Å². The van der Waals surface area contributed by atoms with Gasteiger partial charge in [-0.05, 0) is 54.4 Å². The van der Waals surface area contributed by atoms with Gasteiger partial charge in [0.2, 0.25) is 10.0 Å². The lowest BCUT2D eigenvalue weighted by Gasteiger charge is -2.20. The van der Waals surface area contributed by atoms with Crippen molar-refractivity contribution in [2.75, 3.05) is 19.0 Å². The molecule has 0 bridgehead atoms. The highest BCUT2D eigenvalue weighted by molar-refractivity contribution is 7.89. The zero-order valence-corrected chi connectivity index (χ0v) is 21.7. The van der Waals surface area contributed by atoms with Gasteiger partial charge in [-0.2, -0.15) is 0 Å². The van der Waals surface area contributed by atoms with Crippen molar-refractivity contribution in [2.24, 2.45) is 10.9 Å². The van der Waals surface area contributed by atoms with Crippen molar-refractivity contribution >= 4 is 49.0 Å². The Hall–Kier alpha value is -4.20. The number of carbonyl (C=O) groups is 1. The molecule has 196 valence electrons. The summed E-state index contributed by atoms with van der Waals surface area (Å²) in [7, 11) is -2.49. The maximum Gasteiger partial charge on any atom is 0.262 e. The van der Waals surface area contributed by atoms with Crippen LogP contribution in [-0.4, -0.2) is 44.1 Å². The molecule has 11 nitrogen and oxygen atoms in total. The lowest BCUT2D eigenvalue weighted by molar-refractivity contribution is -0.118. The number of carbonyl (C=O) groups excluding carboxylic acids is 1. The average molecular weight is 554 g/mol. The summed E-state index contributed by atoms with van der Waals surface area (Å²) in [5.41, 5.74) is 7.97. The van der Waals surface area contributed by atoms with Crippen LogP contribution in [0.2, 0.25) is 0 Å². The molecule has 0 fully saturated rings. The number of amides is 1. The van der Waals surface area contributed by atoms with E-state index in [9.17, 15) is 13.2 Å². The molecule has 0 aliphatic carbocycles. The van der Waals surface area contributed by atoms with Gasteiger partial charge < -0.3 is 25.7 Å². The number of aromatic nitrogens is 1. The van der Waals surface area contributed by atoms with Crippen molar-refractivity contribution in [2.45, 2.75) is 17.4 Å². The number of hydrogen-bond acceptors (Lipinski definition) is 9. The van der Waals surface area contributed by atoms with Gasteiger partial charge in [-0.3, -0.25) is 4.79 Å². The largest absolute Gasteiger partial charge is 0.497 e. The van der Waals surface area contributed by atoms with Gasteiger partial charge in [0.1, 0.15) is 16.5 Å². The third kappa shape index (κ3) is 5.25. The fourth-order valence-electron chi connectivity index (χ4n) is 4.01. The number of amidine groups is 1. The highest BCUT2D eigenvalue weighted by Crippen LogP contribution is 2.34. The van der Waals surface area contributed by atoms with Crippen LogP contribution in [0.15, 0.2) is 70.7 Å². The summed E-state index contributed by atoms with van der Waals surface area (Å²) in [6.07, 6.45) is 0.230. The number of anilines is 1. The first kappa shape index (κ1) is 25.4. The number of nitrogens with two attached hydrogens (primary N) is 1. The van der Waals surface area contributed by atoms with E-state index >= 15 is 0 Å². The summed E-state index contributed by atoms with van der Waals surface area (Å²) in [5, 5.41) is 15.3. The molecule has 0 saturated heterocycles. The second-order valence-corrected chi connectivity index (χ2v) is 11.2. The van der Waals surface area contributed by atoms with E-state index in [0.29, 0.717) is 27.6 Å². The van der Waals surface area contributed by atoms with Crippen molar-refractivity contribution in [3.05, 3.63) is 76.8 Å². The Balaban J connectivity index is 1.52. The van der Waals surface area contributed by atoms with Crippen LogP contribution in [0.5, 0.6) is 11.5 Å². The third-order valence-corrected chi connectivity index (χ3v) is 8.47. The van der Waals surface area contributed by atoms with E-state index in [2.05, 4.69) is 20.2 Å². The molecule has 1 aliphatic rings. The molecule has 0 spiro atoms. The predicted molar refractivity (Wildman–Crippen MR) is 142 cm³/mol. The molecule has 0 radical (unpaired) electrons. The van der Waals surface area contributed by atoms with Gasteiger partial charge in [0.15, 0.2) is 12.4 Å². The minimum absolute atomic E-state index is 0.0414. The van der Waals surface area contributed by atoms with Crippen LogP contribution in [-0.2, 0) is 21.2 Å². The average Bonchev–Trinajstić information content (AvgIpc) is 3.35. The first-order chi connectivity index (χ1) is 18.3. The summed E-state index contributed by atoms with van der Waals surface area (Å²) < 4.78 is 41.3. The fraction of sp³-hybridized carbons (Fsp3) is 0.160. The number of thiazole rings is 1. The monoisotopic (exact) mass is 553 g/mol. The quantitative estimate of drug-likeness (QED) is 0.112. The summed E-state index contributed by atoms with van der Waals surface area (Å²) in [6, 6.07) is 15.9. The van der Waals surface area contributed by atoms with E-state index in [4.69, 9.17) is 20.4 Å². The van der Waals surface area contributed by atoms with Crippen LogP contribution in [0.25, 0.3) is 10.2 Å². The van der Waals surface area contributed by atoms with Crippen molar-refractivity contribution in [1.29, 1.82) is 0 Å². The van der Waals surface area contributed by atoms with E-state index in [1.807, 2.05) is 18.2 Å². The normalized spacial score (nSPS) is 14.4.